The minimum absolute atomic E-state index is 0.0623. The first kappa shape index (κ1) is 13.3. The predicted molar refractivity (Wildman–Crippen MR) is 73.9 cm³/mol. The topological polar surface area (TPSA) is 80.0 Å². The Morgan fingerprint density at radius 1 is 1.56 bits per heavy atom. The van der Waals surface area contributed by atoms with Gasteiger partial charge in [-0.3, -0.25) is 4.79 Å². The Kier molecular flexibility index (Phi) is 4.54. The molecule has 1 atom stereocenters. The minimum Gasteiger partial charge on any atom is -0.375 e. The van der Waals surface area contributed by atoms with Crippen molar-refractivity contribution in [2.75, 3.05) is 18.8 Å². The highest BCUT2D eigenvalue weighted by Crippen LogP contribution is 2.19. The van der Waals surface area contributed by atoms with Crippen LogP contribution < -0.4 is 16.4 Å². The number of nitrogens with one attached hydrogen (secondary N) is 2. The molecular weight excluding hydrogens is 248 g/mol. The molecule has 1 aliphatic rings. The first-order chi connectivity index (χ1) is 8.66. The van der Waals surface area contributed by atoms with Gasteiger partial charge in [0.2, 0.25) is 0 Å². The van der Waals surface area contributed by atoms with Crippen LogP contribution in [0.25, 0.3) is 0 Å². The molecule has 2 rings (SSSR count). The molecule has 0 aliphatic carbocycles. The van der Waals surface area contributed by atoms with Crippen LogP contribution in [0.15, 0.2) is 0 Å². The molecule has 0 unspecified atom stereocenters. The fourth-order valence-corrected chi connectivity index (χ4v) is 2.95. The van der Waals surface area contributed by atoms with Crippen molar-refractivity contribution in [3.63, 3.8) is 0 Å². The van der Waals surface area contributed by atoms with Crippen LogP contribution >= 0.6 is 11.3 Å². The normalized spacial score (nSPS) is 20.4. The number of carbonyl (C=O) groups excluding carboxylic acids is 1. The average Bonchev–Trinajstić information content (AvgIpc) is 2.57. The van der Waals surface area contributed by atoms with Crippen molar-refractivity contribution in [1.82, 2.24) is 15.6 Å². The van der Waals surface area contributed by atoms with Crippen LogP contribution in [0.5, 0.6) is 0 Å². The minimum atomic E-state index is -0.0623. The number of amides is 1. The molecule has 0 spiro atoms. The maximum absolute atomic E-state index is 12.0. The maximum Gasteiger partial charge on any atom is 0.263 e. The van der Waals surface area contributed by atoms with Gasteiger partial charge in [0.25, 0.3) is 5.91 Å². The Morgan fingerprint density at radius 2 is 2.39 bits per heavy atom. The molecule has 6 heteroatoms. The summed E-state index contributed by atoms with van der Waals surface area (Å²) < 4.78 is 0. The van der Waals surface area contributed by atoms with Gasteiger partial charge in [-0.25, -0.2) is 4.98 Å². The number of hydrogen-bond acceptors (Lipinski definition) is 5. The van der Waals surface area contributed by atoms with Gasteiger partial charge in [-0.2, -0.15) is 0 Å². The zero-order valence-corrected chi connectivity index (χ0v) is 11.5. The molecule has 1 aliphatic heterocycles. The van der Waals surface area contributed by atoms with Crippen molar-refractivity contribution in [2.45, 2.75) is 38.6 Å². The van der Waals surface area contributed by atoms with E-state index in [2.05, 4.69) is 15.6 Å². The molecule has 2 heterocycles. The molecule has 1 fully saturated rings. The number of anilines is 1. The van der Waals surface area contributed by atoms with E-state index in [-0.39, 0.29) is 5.91 Å². The van der Waals surface area contributed by atoms with Gasteiger partial charge in [-0.15, -0.1) is 0 Å². The Labute approximate surface area is 111 Å². The molecule has 5 nitrogen and oxygen atoms in total. The Balaban J connectivity index is 1.85. The summed E-state index contributed by atoms with van der Waals surface area (Å²) in [6.07, 6.45) is 4.88. The number of nitrogens with two attached hydrogens (primary N) is 1. The van der Waals surface area contributed by atoms with Gasteiger partial charge in [-0.05, 0) is 26.3 Å². The van der Waals surface area contributed by atoms with E-state index in [0.29, 0.717) is 28.3 Å². The second-order valence-corrected chi connectivity index (χ2v) is 5.71. The lowest BCUT2D eigenvalue weighted by atomic mass is 10.1. The number of carbonyl (C=O) groups is 1. The molecular formula is C12H20N4OS. The summed E-state index contributed by atoms with van der Waals surface area (Å²) in [5.74, 6) is -0.0623. The number of aromatic nitrogens is 1. The number of nitrogens with zero attached hydrogens (tertiary/aromatic N) is 1. The average molecular weight is 268 g/mol. The summed E-state index contributed by atoms with van der Waals surface area (Å²) >= 11 is 1.25. The van der Waals surface area contributed by atoms with Crippen LogP contribution in [0.2, 0.25) is 0 Å². The summed E-state index contributed by atoms with van der Waals surface area (Å²) in [5.41, 5.74) is 6.30. The van der Waals surface area contributed by atoms with Gasteiger partial charge in [0, 0.05) is 12.6 Å². The van der Waals surface area contributed by atoms with Crippen molar-refractivity contribution < 1.29 is 4.79 Å². The van der Waals surface area contributed by atoms with E-state index in [1.165, 1.54) is 30.6 Å². The third-order valence-electron chi connectivity index (χ3n) is 3.19. The standard InChI is InChI=1S/C12H20N4OS/c1-8-10(18-12(13)16-8)11(17)15-7-9-5-3-2-4-6-14-9/h9,14H,2-7H2,1H3,(H2,13,16)(H,15,17)/t9-/m0/s1. The molecule has 0 bridgehead atoms. The highest BCUT2D eigenvalue weighted by atomic mass is 32.1. The van der Waals surface area contributed by atoms with E-state index in [0.717, 1.165) is 13.0 Å². The molecule has 18 heavy (non-hydrogen) atoms. The lowest BCUT2D eigenvalue weighted by molar-refractivity contribution is 0.0952. The SMILES string of the molecule is Cc1nc(N)sc1C(=O)NC[C@@H]1CCCCCN1. The van der Waals surface area contributed by atoms with Gasteiger partial charge in [0.1, 0.15) is 4.88 Å². The van der Waals surface area contributed by atoms with E-state index in [1.54, 1.807) is 0 Å². The molecule has 0 saturated carbocycles. The van der Waals surface area contributed by atoms with E-state index >= 15 is 0 Å². The highest BCUT2D eigenvalue weighted by molar-refractivity contribution is 7.17. The van der Waals surface area contributed by atoms with Gasteiger partial charge in [0.05, 0.1) is 5.69 Å². The maximum atomic E-state index is 12.0. The number of aryl methyl sites for hydroxylation is 1. The molecule has 0 aromatic carbocycles. The Bertz CT molecular complexity index is 410. The van der Waals surface area contributed by atoms with Crippen LogP contribution in [0.3, 0.4) is 0 Å². The first-order valence-electron chi connectivity index (χ1n) is 6.41. The zero-order valence-electron chi connectivity index (χ0n) is 10.7. The van der Waals surface area contributed by atoms with Crippen molar-refractivity contribution in [1.29, 1.82) is 0 Å². The van der Waals surface area contributed by atoms with Crippen LogP contribution in [0, 0.1) is 6.92 Å². The quantitative estimate of drug-likeness (QED) is 0.772. The molecule has 0 radical (unpaired) electrons. The van der Waals surface area contributed by atoms with Crippen molar-refractivity contribution in [2.24, 2.45) is 0 Å². The Hall–Kier alpha value is -1.14. The smallest absolute Gasteiger partial charge is 0.263 e. The molecule has 4 N–H and O–H groups in total. The summed E-state index contributed by atoms with van der Waals surface area (Å²) in [6, 6.07) is 0.391. The van der Waals surface area contributed by atoms with E-state index in [1.807, 2.05) is 6.92 Å². The van der Waals surface area contributed by atoms with Crippen LogP contribution in [0.1, 0.15) is 41.0 Å². The van der Waals surface area contributed by atoms with Gasteiger partial charge >= 0.3 is 0 Å². The van der Waals surface area contributed by atoms with E-state index < -0.39 is 0 Å². The van der Waals surface area contributed by atoms with Crippen molar-refractivity contribution in [3.05, 3.63) is 10.6 Å². The monoisotopic (exact) mass is 268 g/mol. The van der Waals surface area contributed by atoms with Crippen LogP contribution in [-0.2, 0) is 0 Å². The first-order valence-corrected chi connectivity index (χ1v) is 7.23. The van der Waals surface area contributed by atoms with Gasteiger partial charge in [-0.1, -0.05) is 24.2 Å². The second kappa shape index (κ2) is 6.15. The number of nitrogen functional groups attached to an aromatic ring is 1. The second-order valence-electron chi connectivity index (χ2n) is 4.68. The third-order valence-corrected chi connectivity index (χ3v) is 4.18. The van der Waals surface area contributed by atoms with Gasteiger partial charge in [0.15, 0.2) is 5.13 Å². The molecule has 1 aromatic rings. The Morgan fingerprint density at radius 3 is 3.11 bits per heavy atom. The lowest BCUT2D eigenvalue weighted by Gasteiger charge is -2.16. The van der Waals surface area contributed by atoms with Crippen LogP contribution in [-0.4, -0.2) is 30.0 Å². The summed E-state index contributed by atoms with van der Waals surface area (Å²) in [7, 11) is 0. The summed E-state index contributed by atoms with van der Waals surface area (Å²) in [4.78, 5) is 16.7. The molecule has 1 aromatic heterocycles. The predicted octanol–water partition coefficient (Wildman–Crippen LogP) is 1.30. The number of thiazole rings is 1. The summed E-state index contributed by atoms with van der Waals surface area (Å²) in [5, 5.41) is 6.87. The van der Waals surface area contributed by atoms with Gasteiger partial charge < -0.3 is 16.4 Å². The largest absolute Gasteiger partial charge is 0.375 e. The fourth-order valence-electron chi connectivity index (χ4n) is 2.20. The van der Waals surface area contributed by atoms with Crippen LogP contribution in [0.4, 0.5) is 5.13 Å². The van der Waals surface area contributed by atoms with Crippen molar-refractivity contribution >= 4 is 22.4 Å². The number of rotatable bonds is 3. The highest BCUT2D eigenvalue weighted by Gasteiger charge is 2.16. The molecule has 1 saturated heterocycles. The summed E-state index contributed by atoms with van der Waals surface area (Å²) in [6.45, 7) is 3.54. The van der Waals surface area contributed by atoms with E-state index in [9.17, 15) is 4.79 Å². The third kappa shape index (κ3) is 3.43. The fraction of sp³-hybridized carbons (Fsp3) is 0.667. The molecule has 1 amide bonds. The number of hydrogen-bond donors (Lipinski definition) is 3. The zero-order chi connectivity index (χ0) is 13.0. The van der Waals surface area contributed by atoms with Crippen molar-refractivity contribution in [3.8, 4) is 0 Å². The molecule has 100 valence electrons. The lowest BCUT2D eigenvalue weighted by Crippen LogP contribution is -2.40. The van der Waals surface area contributed by atoms with E-state index in [4.69, 9.17) is 5.73 Å².